The van der Waals surface area contributed by atoms with Gasteiger partial charge >= 0.3 is 5.91 Å². The fraction of sp³-hybridized carbons (Fsp3) is 0.158. The monoisotopic (exact) mass is 370 g/mol. The molecule has 3 aromatic rings. The second-order valence-electron chi connectivity index (χ2n) is 5.18. The van der Waals surface area contributed by atoms with Gasteiger partial charge in [-0.15, -0.1) is 11.3 Å². The molecule has 0 saturated heterocycles. The van der Waals surface area contributed by atoms with Gasteiger partial charge in [-0.3, -0.25) is 4.79 Å². The highest BCUT2D eigenvalue weighted by Crippen LogP contribution is 2.29. The molecular formula is C19H18N2O4S. The molecular weight excluding hydrogens is 352 g/mol. The first-order valence-corrected chi connectivity index (χ1v) is 8.93. The van der Waals surface area contributed by atoms with Crippen LogP contribution in [0.2, 0.25) is 0 Å². The van der Waals surface area contributed by atoms with Crippen LogP contribution in [0.4, 0.5) is 0 Å². The molecule has 6 nitrogen and oxygen atoms in total. The van der Waals surface area contributed by atoms with Crippen LogP contribution in [0.15, 0.2) is 63.6 Å². The molecule has 0 unspecified atom stereocenters. The Morgan fingerprint density at radius 3 is 2.88 bits per heavy atom. The van der Waals surface area contributed by atoms with Crippen LogP contribution in [0.5, 0.6) is 11.5 Å². The summed E-state index contributed by atoms with van der Waals surface area (Å²) in [6, 6.07) is 12.7. The van der Waals surface area contributed by atoms with Gasteiger partial charge in [0.1, 0.15) is 6.61 Å². The SMILES string of the molecule is CCOc1cc(/C=N\NC(=O)c2ccco2)ccc1OCc1cccs1. The fourth-order valence-electron chi connectivity index (χ4n) is 2.16. The van der Waals surface area contributed by atoms with Gasteiger partial charge in [0.05, 0.1) is 19.1 Å². The second-order valence-corrected chi connectivity index (χ2v) is 6.22. The number of ether oxygens (including phenoxy) is 2. The Hall–Kier alpha value is -3.06. The van der Waals surface area contributed by atoms with Crippen molar-refractivity contribution in [2.75, 3.05) is 6.61 Å². The molecule has 0 aliphatic carbocycles. The lowest BCUT2D eigenvalue weighted by Crippen LogP contribution is -2.16. The van der Waals surface area contributed by atoms with Crippen LogP contribution in [0.25, 0.3) is 0 Å². The summed E-state index contributed by atoms with van der Waals surface area (Å²) in [6.45, 7) is 2.92. The van der Waals surface area contributed by atoms with Crippen molar-refractivity contribution in [3.8, 4) is 11.5 Å². The maximum atomic E-state index is 11.8. The van der Waals surface area contributed by atoms with E-state index in [-0.39, 0.29) is 5.76 Å². The largest absolute Gasteiger partial charge is 0.490 e. The Morgan fingerprint density at radius 1 is 1.23 bits per heavy atom. The fourth-order valence-corrected chi connectivity index (χ4v) is 2.78. The van der Waals surface area contributed by atoms with Gasteiger partial charge in [-0.2, -0.15) is 5.10 Å². The summed E-state index contributed by atoms with van der Waals surface area (Å²) in [6.07, 6.45) is 2.97. The van der Waals surface area contributed by atoms with Gasteiger partial charge in [0.2, 0.25) is 0 Å². The van der Waals surface area contributed by atoms with Gasteiger partial charge in [0, 0.05) is 4.88 Å². The van der Waals surface area contributed by atoms with Gasteiger partial charge in [0.15, 0.2) is 17.3 Å². The van der Waals surface area contributed by atoms with E-state index in [4.69, 9.17) is 13.9 Å². The zero-order valence-corrected chi connectivity index (χ0v) is 15.0. The molecule has 0 aliphatic rings. The number of benzene rings is 1. The maximum absolute atomic E-state index is 11.8. The minimum absolute atomic E-state index is 0.203. The third-order valence-corrected chi connectivity index (χ3v) is 4.19. The van der Waals surface area contributed by atoms with Crippen molar-refractivity contribution in [2.45, 2.75) is 13.5 Å². The van der Waals surface area contributed by atoms with Crippen molar-refractivity contribution < 1.29 is 18.7 Å². The van der Waals surface area contributed by atoms with Crippen molar-refractivity contribution in [3.63, 3.8) is 0 Å². The number of thiophene rings is 1. The van der Waals surface area contributed by atoms with E-state index in [0.717, 1.165) is 10.4 Å². The molecule has 2 heterocycles. The Balaban J connectivity index is 1.65. The third-order valence-electron chi connectivity index (χ3n) is 3.34. The number of nitrogens with one attached hydrogen (secondary N) is 1. The lowest BCUT2D eigenvalue weighted by molar-refractivity contribution is 0.0927. The number of amides is 1. The van der Waals surface area contributed by atoms with Gasteiger partial charge < -0.3 is 13.9 Å². The molecule has 7 heteroatoms. The summed E-state index contributed by atoms with van der Waals surface area (Å²) in [4.78, 5) is 12.9. The van der Waals surface area contributed by atoms with E-state index in [0.29, 0.717) is 24.7 Å². The minimum atomic E-state index is -0.410. The van der Waals surface area contributed by atoms with Crippen molar-refractivity contribution in [3.05, 3.63) is 70.3 Å². The number of nitrogens with zero attached hydrogens (tertiary/aromatic N) is 1. The Morgan fingerprint density at radius 2 is 2.15 bits per heavy atom. The quantitative estimate of drug-likeness (QED) is 0.479. The zero-order chi connectivity index (χ0) is 18.2. The predicted molar refractivity (Wildman–Crippen MR) is 100 cm³/mol. The number of rotatable bonds is 8. The Kier molecular flexibility index (Phi) is 6.05. The third kappa shape index (κ3) is 4.73. The summed E-state index contributed by atoms with van der Waals surface area (Å²) in [5.41, 5.74) is 3.18. The average Bonchev–Trinajstić information content (AvgIpc) is 3.35. The van der Waals surface area contributed by atoms with E-state index >= 15 is 0 Å². The molecule has 26 heavy (non-hydrogen) atoms. The molecule has 0 aliphatic heterocycles. The van der Waals surface area contributed by atoms with E-state index in [2.05, 4.69) is 10.5 Å². The van der Waals surface area contributed by atoms with E-state index in [1.165, 1.54) is 12.5 Å². The smallest absolute Gasteiger partial charge is 0.307 e. The Bertz CT molecular complexity index is 858. The number of hydrogen-bond acceptors (Lipinski definition) is 6. The topological polar surface area (TPSA) is 73.1 Å². The zero-order valence-electron chi connectivity index (χ0n) is 14.2. The molecule has 0 atom stereocenters. The summed E-state index contributed by atoms with van der Waals surface area (Å²) in [5, 5.41) is 5.95. The van der Waals surface area contributed by atoms with E-state index in [9.17, 15) is 4.79 Å². The lowest BCUT2D eigenvalue weighted by atomic mass is 10.2. The van der Waals surface area contributed by atoms with Crippen molar-refractivity contribution in [1.82, 2.24) is 5.43 Å². The highest BCUT2D eigenvalue weighted by Gasteiger charge is 2.08. The van der Waals surface area contributed by atoms with Gasteiger partial charge in [-0.05, 0) is 54.3 Å². The predicted octanol–water partition coefficient (Wildman–Crippen LogP) is 4.08. The number of furan rings is 1. The molecule has 2 aromatic heterocycles. The van der Waals surface area contributed by atoms with E-state index in [1.54, 1.807) is 23.5 Å². The van der Waals surface area contributed by atoms with E-state index < -0.39 is 5.91 Å². The van der Waals surface area contributed by atoms with Crippen LogP contribution >= 0.6 is 11.3 Å². The highest BCUT2D eigenvalue weighted by atomic mass is 32.1. The van der Waals surface area contributed by atoms with Crippen LogP contribution in [0.3, 0.4) is 0 Å². The molecule has 0 saturated carbocycles. The number of carbonyl (C=O) groups excluding carboxylic acids is 1. The molecule has 134 valence electrons. The van der Waals surface area contributed by atoms with Crippen molar-refractivity contribution >= 4 is 23.5 Å². The van der Waals surface area contributed by atoms with Crippen molar-refractivity contribution in [1.29, 1.82) is 0 Å². The molecule has 0 radical (unpaired) electrons. The normalized spacial score (nSPS) is 10.8. The van der Waals surface area contributed by atoms with Gasteiger partial charge in [-0.1, -0.05) is 6.07 Å². The lowest BCUT2D eigenvalue weighted by Gasteiger charge is -2.12. The van der Waals surface area contributed by atoms with Crippen LogP contribution in [-0.2, 0) is 6.61 Å². The first-order chi connectivity index (χ1) is 12.8. The summed E-state index contributed by atoms with van der Waals surface area (Å²) in [7, 11) is 0. The Labute approximate surface area is 155 Å². The molecule has 1 amide bonds. The van der Waals surface area contributed by atoms with Crippen LogP contribution in [-0.4, -0.2) is 18.7 Å². The molecule has 1 aromatic carbocycles. The van der Waals surface area contributed by atoms with Crippen LogP contribution in [0, 0.1) is 0 Å². The number of carbonyl (C=O) groups is 1. The number of hydrazone groups is 1. The maximum Gasteiger partial charge on any atom is 0.307 e. The molecule has 0 bridgehead atoms. The minimum Gasteiger partial charge on any atom is -0.490 e. The second kappa shape index (κ2) is 8.87. The summed E-state index contributed by atoms with van der Waals surface area (Å²) < 4.78 is 16.5. The molecule has 1 N–H and O–H groups in total. The van der Waals surface area contributed by atoms with Gasteiger partial charge in [0.25, 0.3) is 0 Å². The van der Waals surface area contributed by atoms with Crippen LogP contribution in [0.1, 0.15) is 27.9 Å². The van der Waals surface area contributed by atoms with Gasteiger partial charge in [-0.25, -0.2) is 5.43 Å². The summed E-state index contributed by atoms with van der Waals surface area (Å²) in [5.74, 6) is 1.09. The first kappa shape index (κ1) is 17.8. The molecule has 3 rings (SSSR count). The standard InChI is InChI=1S/C19H18N2O4S/c1-2-23-18-11-14(12-20-21-19(22)17-6-3-9-24-17)7-8-16(18)25-13-15-5-4-10-26-15/h3-12H,2,13H2,1H3,(H,21,22)/b20-12-. The average molecular weight is 370 g/mol. The highest BCUT2D eigenvalue weighted by molar-refractivity contribution is 7.09. The molecule has 0 spiro atoms. The van der Waals surface area contributed by atoms with Crippen LogP contribution < -0.4 is 14.9 Å². The van der Waals surface area contributed by atoms with Crippen molar-refractivity contribution in [2.24, 2.45) is 5.10 Å². The molecule has 0 fully saturated rings. The summed E-state index contributed by atoms with van der Waals surface area (Å²) >= 11 is 1.64. The number of hydrogen-bond donors (Lipinski definition) is 1. The first-order valence-electron chi connectivity index (χ1n) is 8.05. The van der Waals surface area contributed by atoms with E-state index in [1.807, 2.05) is 42.6 Å².